The van der Waals surface area contributed by atoms with Crippen LogP contribution in [0.1, 0.15) is 90.4 Å². The zero-order valence-electron chi connectivity index (χ0n) is 39.8. The lowest BCUT2D eigenvalue weighted by molar-refractivity contribution is -0.122. The molecule has 1 unspecified atom stereocenters. The number of benzene rings is 5. The molecule has 5 aromatic rings. The summed E-state index contributed by atoms with van der Waals surface area (Å²) in [5.74, 6) is 0. The summed E-state index contributed by atoms with van der Waals surface area (Å²) in [7, 11) is 0. The molecule has 13 nitrogen and oxygen atoms in total. The Bertz CT molecular complexity index is 2110. The second-order valence-corrected chi connectivity index (χ2v) is 22.6. The fraction of sp³-hybridized carbons (Fsp3) is 0.418. The van der Waals surface area contributed by atoms with Gasteiger partial charge in [0.2, 0.25) is 0 Å². The molecule has 73 heavy (non-hydrogen) atoms. The smallest absolute Gasteiger partial charge is 0.103 e. The van der Waals surface area contributed by atoms with E-state index in [1.54, 1.807) is 0 Å². The van der Waals surface area contributed by atoms with Crippen LogP contribution < -0.4 is 0 Å². The fourth-order valence-electron chi connectivity index (χ4n) is 8.16. The van der Waals surface area contributed by atoms with Crippen LogP contribution in [0.2, 0.25) is 0 Å². The fourth-order valence-corrected chi connectivity index (χ4v) is 9.48. The number of aliphatic hydroxyl groups excluding tert-OH is 8. The number of ether oxygens (including phenoxy) is 5. The topological polar surface area (TPSA) is 208 Å². The highest BCUT2D eigenvalue weighted by Gasteiger charge is 2.32. The van der Waals surface area contributed by atoms with Gasteiger partial charge in [-0.05, 0) is 94.9 Å². The minimum absolute atomic E-state index is 0.114. The highest BCUT2D eigenvalue weighted by atomic mass is 79.9. The van der Waals surface area contributed by atoms with Gasteiger partial charge in [-0.3, -0.25) is 0 Å². The van der Waals surface area contributed by atoms with Crippen LogP contribution >= 0.6 is 79.6 Å². The van der Waals surface area contributed by atoms with Gasteiger partial charge in [-0.25, -0.2) is 0 Å². The van der Waals surface area contributed by atoms with Crippen molar-refractivity contribution in [2.45, 2.75) is 111 Å². The van der Waals surface area contributed by atoms with Crippen molar-refractivity contribution < 1.29 is 64.5 Å². The maximum Gasteiger partial charge on any atom is 0.103 e. The molecule has 8 N–H and O–H groups in total. The summed E-state index contributed by atoms with van der Waals surface area (Å²) < 4.78 is 32.6. The Morgan fingerprint density at radius 3 is 0.685 bits per heavy atom. The van der Waals surface area contributed by atoms with Gasteiger partial charge in [-0.1, -0.05) is 152 Å². The van der Waals surface area contributed by atoms with Crippen molar-refractivity contribution in [3.63, 3.8) is 0 Å². The van der Waals surface area contributed by atoms with E-state index in [0.29, 0.717) is 25.7 Å². The Morgan fingerprint density at radius 2 is 0.493 bits per heavy atom. The third-order valence-electron chi connectivity index (χ3n) is 12.6. The maximum atomic E-state index is 9.52. The van der Waals surface area contributed by atoms with E-state index in [4.69, 9.17) is 23.7 Å². The number of rotatable bonds is 5. The first kappa shape index (κ1) is 60.0. The van der Waals surface area contributed by atoms with Crippen LogP contribution in [0.3, 0.4) is 0 Å². The van der Waals surface area contributed by atoms with Gasteiger partial charge >= 0.3 is 0 Å². The van der Waals surface area contributed by atoms with Crippen molar-refractivity contribution in [3.8, 4) is 0 Å². The van der Waals surface area contributed by atoms with Crippen LogP contribution in [0, 0.1) is 0 Å². The predicted octanol–water partition coefficient (Wildman–Crippen LogP) is 10.00. The standard InChI is InChI=1S/4C11H13BrO3.C11H11BrO/c4*12-8-3-1-7(2-4-8)11-5-9(13)10(14)6-15-11;12-10-6-4-9(5-7-10)11-3-1-2-8-13-11/h4*1-4,9-11,13-14H,5-6H2;1-2,4-7,11H,3,8H2/t2*9-,10+,11+;2*9-,10+,11-;/m1010./s1. The molecule has 13 atom stereocenters. The second kappa shape index (κ2) is 30.6. The zero-order valence-corrected chi connectivity index (χ0v) is 47.7. The van der Waals surface area contributed by atoms with E-state index >= 15 is 0 Å². The molecular formula is C55H63Br5O13. The molecule has 5 aliphatic rings. The summed E-state index contributed by atoms with van der Waals surface area (Å²) in [6.45, 7) is 1.52. The molecule has 5 aromatic carbocycles. The summed E-state index contributed by atoms with van der Waals surface area (Å²) in [6.07, 6.45) is 1.05. The third-order valence-corrected chi connectivity index (χ3v) is 15.2. The van der Waals surface area contributed by atoms with E-state index in [0.717, 1.165) is 57.6 Å². The molecule has 0 spiro atoms. The normalized spacial score (nSPS) is 29.8. The molecule has 4 saturated heterocycles. The third kappa shape index (κ3) is 19.6. The Hall–Kier alpha value is -2.28. The molecule has 4 fully saturated rings. The van der Waals surface area contributed by atoms with Crippen LogP contribution in [0.4, 0.5) is 0 Å². The molecular weight excluding hydrogens is 1270 g/mol. The minimum Gasteiger partial charge on any atom is -0.390 e. The Kier molecular flexibility index (Phi) is 25.1. The molecule has 0 radical (unpaired) electrons. The largest absolute Gasteiger partial charge is 0.390 e. The van der Waals surface area contributed by atoms with Crippen molar-refractivity contribution in [2.75, 3.05) is 33.0 Å². The highest BCUT2D eigenvalue weighted by molar-refractivity contribution is 9.11. The molecule has 5 heterocycles. The van der Waals surface area contributed by atoms with Crippen molar-refractivity contribution in [3.05, 3.63) is 184 Å². The summed E-state index contributed by atoms with van der Waals surface area (Å²) in [5, 5.41) is 75.3. The van der Waals surface area contributed by atoms with Gasteiger partial charge in [0.05, 0.1) is 88.0 Å². The number of hydrogen-bond donors (Lipinski definition) is 8. The summed E-state index contributed by atoms with van der Waals surface area (Å²) >= 11 is 16.9. The molecule has 396 valence electrons. The van der Waals surface area contributed by atoms with Gasteiger partial charge in [0.1, 0.15) is 24.4 Å². The van der Waals surface area contributed by atoms with E-state index in [2.05, 4.69) is 116 Å². The molecule has 10 rings (SSSR count). The van der Waals surface area contributed by atoms with Gasteiger partial charge < -0.3 is 64.5 Å². The number of aliphatic hydroxyl groups is 8. The first-order valence-electron chi connectivity index (χ1n) is 24.0. The Balaban J connectivity index is 0.000000149. The second-order valence-electron chi connectivity index (χ2n) is 18.1. The van der Waals surface area contributed by atoms with E-state index < -0.39 is 48.8 Å². The van der Waals surface area contributed by atoms with Crippen molar-refractivity contribution in [2.24, 2.45) is 0 Å². The lowest BCUT2D eigenvalue weighted by Gasteiger charge is -2.30. The van der Waals surface area contributed by atoms with Gasteiger partial charge in [0.15, 0.2) is 0 Å². The minimum atomic E-state index is -0.753. The predicted molar refractivity (Wildman–Crippen MR) is 294 cm³/mol. The van der Waals surface area contributed by atoms with E-state index in [1.807, 2.05) is 97.1 Å². The molecule has 0 aliphatic carbocycles. The van der Waals surface area contributed by atoms with Crippen LogP contribution in [-0.2, 0) is 23.7 Å². The zero-order chi connectivity index (χ0) is 52.4. The summed E-state index contributed by atoms with van der Waals surface area (Å²) in [5.41, 5.74) is 5.38. The lowest BCUT2D eigenvalue weighted by atomic mass is 9.98. The van der Waals surface area contributed by atoms with E-state index in [9.17, 15) is 40.9 Å². The SMILES string of the molecule is Brc1ccc(C2CC=CCO2)cc1.O[C@@H]1CO[C@@H](c2ccc(Br)cc2)C[C@@H]1O.O[C@@H]1CO[C@H](c2ccc(Br)cc2)C[C@@H]1O.O[C@@H]1C[C@@H](c2ccc(Br)cc2)OC[C@@H]1O.O[C@@H]1C[C@H](c2ccc(Br)cc2)OC[C@@H]1O. The molecule has 0 aromatic heterocycles. The first-order chi connectivity index (χ1) is 35.0. The molecule has 18 heteroatoms. The van der Waals surface area contributed by atoms with E-state index in [1.165, 1.54) is 5.56 Å². The Morgan fingerprint density at radius 1 is 0.274 bits per heavy atom. The molecule has 0 bridgehead atoms. The van der Waals surface area contributed by atoms with Crippen molar-refractivity contribution >= 4 is 79.6 Å². The Labute approximate surface area is 468 Å². The van der Waals surface area contributed by atoms with Crippen LogP contribution in [0.5, 0.6) is 0 Å². The van der Waals surface area contributed by atoms with Gasteiger partial charge in [0, 0.05) is 48.0 Å². The van der Waals surface area contributed by atoms with Crippen LogP contribution in [0.25, 0.3) is 0 Å². The maximum absolute atomic E-state index is 9.52. The molecule has 0 amide bonds. The van der Waals surface area contributed by atoms with Gasteiger partial charge in [0.25, 0.3) is 0 Å². The number of hydrogen-bond acceptors (Lipinski definition) is 13. The summed E-state index contributed by atoms with van der Waals surface area (Å²) in [6, 6.07) is 39.5. The van der Waals surface area contributed by atoms with E-state index in [-0.39, 0.29) is 56.9 Å². The summed E-state index contributed by atoms with van der Waals surface area (Å²) in [4.78, 5) is 0. The van der Waals surface area contributed by atoms with Crippen LogP contribution in [-0.4, -0.2) is 123 Å². The average Bonchev–Trinajstić information content (AvgIpc) is 3.39. The van der Waals surface area contributed by atoms with Crippen LogP contribution in [0.15, 0.2) is 156 Å². The van der Waals surface area contributed by atoms with Gasteiger partial charge in [-0.2, -0.15) is 0 Å². The van der Waals surface area contributed by atoms with Gasteiger partial charge in [-0.15, -0.1) is 0 Å². The van der Waals surface area contributed by atoms with Crippen molar-refractivity contribution in [1.82, 2.24) is 0 Å². The first-order valence-corrected chi connectivity index (χ1v) is 27.9. The molecule has 0 saturated carbocycles. The lowest BCUT2D eigenvalue weighted by Crippen LogP contribution is -2.37. The molecule has 5 aliphatic heterocycles. The number of halogens is 5. The van der Waals surface area contributed by atoms with Crippen molar-refractivity contribution in [1.29, 1.82) is 0 Å². The average molecular weight is 1330 g/mol. The quantitative estimate of drug-likeness (QED) is 0.0772. The highest BCUT2D eigenvalue weighted by Crippen LogP contribution is 2.33. The monoisotopic (exact) mass is 1330 g/mol.